The molecule has 1 N–H and O–H groups in total. The number of rotatable bonds is 6. The molecule has 1 aliphatic rings. The molecular weight excluding hydrogens is 232 g/mol. The molecule has 0 unspecified atom stereocenters. The van der Waals surface area contributed by atoms with E-state index in [9.17, 15) is 0 Å². The van der Waals surface area contributed by atoms with Gasteiger partial charge in [0.2, 0.25) is 0 Å². The second-order valence-electron chi connectivity index (χ2n) is 5.85. The molecule has 0 bridgehead atoms. The quantitative estimate of drug-likeness (QED) is 0.790. The molecule has 0 atom stereocenters. The Bertz CT molecular complexity index is 367. The van der Waals surface area contributed by atoms with Gasteiger partial charge < -0.3 is 5.32 Å². The first-order valence-electron chi connectivity index (χ1n) is 7.77. The monoisotopic (exact) mass is 260 g/mol. The molecular formula is C17H28N2. The van der Waals surface area contributed by atoms with Crippen molar-refractivity contribution < 1.29 is 0 Å². The molecule has 2 rings (SSSR count). The average molecular weight is 260 g/mol. The van der Waals surface area contributed by atoms with Crippen molar-refractivity contribution in [2.24, 2.45) is 5.92 Å². The van der Waals surface area contributed by atoms with Gasteiger partial charge >= 0.3 is 0 Å². The first-order chi connectivity index (χ1) is 9.29. The van der Waals surface area contributed by atoms with Crippen molar-refractivity contribution in [2.45, 2.75) is 39.7 Å². The van der Waals surface area contributed by atoms with Crippen LogP contribution < -0.4 is 5.32 Å². The van der Waals surface area contributed by atoms with Crippen molar-refractivity contribution in [3.05, 3.63) is 35.4 Å². The lowest BCUT2D eigenvalue weighted by molar-refractivity contribution is 0.175. The van der Waals surface area contributed by atoms with Gasteiger partial charge in [-0.25, -0.2) is 0 Å². The van der Waals surface area contributed by atoms with E-state index < -0.39 is 0 Å². The Kier molecular flexibility index (Phi) is 5.87. The fraction of sp³-hybridized carbons (Fsp3) is 0.647. The Morgan fingerprint density at radius 3 is 2.63 bits per heavy atom. The Hall–Kier alpha value is -0.860. The van der Waals surface area contributed by atoms with E-state index in [-0.39, 0.29) is 0 Å². The minimum Gasteiger partial charge on any atom is -0.316 e. The molecule has 0 aromatic heterocycles. The number of nitrogens with one attached hydrogen (secondary N) is 1. The third-order valence-electron chi connectivity index (χ3n) is 4.22. The highest BCUT2D eigenvalue weighted by Gasteiger charge is 2.18. The van der Waals surface area contributed by atoms with E-state index >= 15 is 0 Å². The summed E-state index contributed by atoms with van der Waals surface area (Å²) in [6, 6.07) is 8.77. The van der Waals surface area contributed by atoms with Crippen molar-refractivity contribution in [1.29, 1.82) is 0 Å². The zero-order valence-corrected chi connectivity index (χ0v) is 12.5. The first kappa shape index (κ1) is 14.5. The number of nitrogens with zero attached hydrogens (tertiary/aromatic N) is 1. The van der Waals surface area contributed by atoms with Gasteiger partial charge in [0.25, 0.3) is 0 Å². The molecule has 2 heteroatoms. The van der Waals surface area contributed by atoms with Gasteiger partial charge in [-0.05, 0) is 69.4 Å². The van der Waals surface area contributed by atoms with Crippen molar-refractivity contribution in [3.63, 3.8) is 0 Å². The molecule has 0 radical (unpaired) electrons. The summed E-state index contributed by atoms with van der Waals surface area (Å²) in [4.78, 5) is 2.61. The van der Waals surface area contributed by atoms with E-state index in [1.807, 2.05) is 0 Å². The maximum absolute atomic E-state index is 3.56. The van der Waals surface area contributed by atoms with Crippen LogP contribution in [0.5, 0.6) is 0 Å². The van der Waals surface area contributed by atoms with Gasteiger partial charge in [0.15, 0.2) is 0 Å². The van der Waals surface area contributed by atoms with Crippen LogP contribution in [0.4, 0.5) is 0 Å². The molecule has 0 spiro atoms. The van der Waals surface area contributed by atoms with E-state index in [4.69, 9.17) is 0 Å². The van der Waals surface area contributed by atoms with Crippen molar-refractivity contribution in [3.8, 4) is 0 Å². The number of hydrogen-bond acceptors (Lipinski definition) is 2. The maximum atomic E-state index is 3.56. The van der Waals surface area contributed by atoms with E-state index in [0.29, 0.717) is 0 Å². The summed E-state index contributed by atoms with van der Waals surface area (Å²) in [6.45, 7) is 10.5. The number of aryl methyl sites for hydroxylation is 1. The minimum absolute atomic E-state index is 0.889. The molecule has 1 aromatic rings. The van der Waals surface area contributed by atoms with E-state index in [2.05, 4.69) is 48.3 Å². The summed E-state index contributed by atoms with van der Waals surface area (Å²) in [5, 5.41) is 3.56. The van der Waals surface area contributed by atoms with Crippen molar-refractivity contribution in [2.75, 3.05) is 26.2 Å². The maximum Gasteiger partial charge on any atom is 0.0236 e. The number of piperidine rings is 1. The molecule has 1 aromatic carbocycles. The standard InChI is InChI=1S/C17H28N2/c1-3-10-18-13-16-8-11-19(12-9-16)14-17-7-5-4-6-15(17)2/h4-7,16,18H,3,8-14H2,1-2H3. The predicted octanol–water partition coefficient (Wildman–Crippen LogP) is 3.21. The smallest absolute Gasteiger partial charge is 0.0236 e. The Morgan fingerprint density at radius 2 is 1.95 bits per heavy atom. The second-order valence-corrected chi connectivity index (χ2v) is 5.85. The van der Waals surface area contributed by atoms with Crippen molar-refractivity contribution >= 4 is 0 Å². The summed E-state index contributed by atoms with van der Waals surface area (Å²) in [6.07, 6.45) is 3.94. The Morgan fingerprint density at radius 1 is 1.21 bits per heavy atom. The van der Waals surface area contributed by atoms with Crippen LogP contribution in [0, 0.1) is 12.8 Å². The lowest BCUT2D eigenvalue weighted by Crippen LogP contribution is -2.37. The molecule has 0 amide bonds. The van der Waals surface area contributed by atoms with Crippen LogP contribution in [-0.2, 0) is 6.54 Å². The fourth-order valence-corrected chi connectivity index (χ4v) is 2.86. The number of likely N-dealkylation sites (tertiary alicyclic amines) is 1. The van der Waals surface area contributed by atoms with Crippen LogP contribution in [0.15, 0.2) is 24.3 Å². The lowest BCUT2D eigenvalue weighted by Gasteiger charge is -2.32. The Labute approximate surface area is 118 Å². The predicted molar refractivity (Wildman–Crippen MR) is 82.3 cm³/mol. The fourth-order valence-electron chi connectivity index (χ4n) is 2.86. The van der Waals surface area contributed by atoms with Crippen molar-refractivity contribution in [1.82, 2.24) is 10.2 Å². The summed E-state index contributed by atoms with van der Waals surface area (Å²) < 4.78 is 0. The third kappa shape index (κ3) is 4.63. The SMILES string of the molecule is CCCNCC1CCN(Cc2ccccc2C)CC1. The highest BCUT2D eigenvalue weighted by atomic mass is 15.1. The van der Waals surface area contributed by atoms with Crippen LogP contribution in [0.1, 0.15) is 37.3 Å². The van der Waals surface area contributed by atoms with Gasteiger partial charge in [0.1, 0.15) is 0 Å². The highest BCUT2D eigenvalue weighted by Crippen LogP contribution is 2.19. The normalized spacial score (nSPS) is 17.8. The molecule has 1 saturated heterocycles. The first-order valence-corrected chi connectivity index (χ1v) is 7.77. The van der Waals surface area contributed by atoms with Gasteiger partial charge in [-0.15, -0.1) is 0 Å². The van der Waals surface area contributed by atoms with Gasteiger partial charge in [-0.3, -0.25) is 4.90 Å². The zero-order valence-electron chi connectivity index (χ0n) is 12.5. The van der Waals surface area contributed by atoms with Crippen LogP contribution in [0.2, 0.25) is 0 Å². The van der Waals surface area contributed by atoms with Crippen LogP contribution in [-0.4, -0.2) is 31.1 Å². The van der Waals surface area contributed by atoms with Crippen LogP contribution in [0.25, 0.3) is 0 Å². The number of benzene rings is 1. The number of hydrogen-bond donors (Lipinski definition) is 1. The van der Waals surface area contributed by atoms with Crippen LogP contribution in [0.3, 0.4) is 0 Å². The molecule has 1 fully saturated rings. The largest absolute Gasteiger partial charge is 0.316 e. The zero-order chi connectivity index (χ0) is 13.5. The molecule has 19 heavy (non-hydrogen) atoms. The van der Waals surface area contributed by atoms with Gasteiger partial charge in [-0.2, -0.15) is 0 Å². The minimum atomic E-state index is 0.889. The van der Waals surface area contributed by atoms with E-state index in [1.54, 1.807) is 0 Å². The lowest BCUT2D eigenvalue weighted by atomic mass is 9.96. The second kappa shape index (κ2) is 7.66. The molecule has 0 aliphatic carbocycles. The summed E-state index contributed by atoms with van der Waals surface area (Å²) in [7, 11) is 0. The topological polar surface area (TPSA) is 15.3 Å². The summed E-state index contributed by atoms with van der Waals surface area (Å²) >= 11 is 0. The molecule has 1 aliphatic heterocycles. The third-order valence-corrected chi connectivity index (χ3v) is 4.22. The highest BCUT2D eigenvalue weighted by molar-refractivity contribution is 5.25. The van der Waals surface area contributed by atoms with Crippen LogP contribution >= 0.6 is 0 Å². The molecule has 1 heterocycles. The summed E-state index contributed by atoms with van der Waals surface area (Å²) in [5.41, 5.74) is 2.92. The van der Waals surface area contributed by atoms with Gasteiger partial charge in [0, 0.05) is 6.54 Å². The molecule has 0 saturated carbocycles. The van der Waals surface area contributed by atoms with E-state index in [1.165, 1.54) is 56.6 Å². The van der Waals surface area contributed by atoms with Gasteiger partial charge in [-0.1, -0.05) is 31.2 Å². The molecule has 106 valence electrons. The van der Waals surface area contributed by atoms with Gasteiger partial charge in [0.05, 0.1) is 0 Å². The van der Waals surface area contributed by atoms with E-state index in [0.717, 1.165) is 12.5 Å². The summed E-state index contributed by atoms with van der Waals surface area (Å²) in [5.74, 6) is 0.889. The molecule has 2 nitrogen and oxygen atoms in total. The Balaban J connectivity index is 1.73. The average Bonchev–Trinajstić information content (AvgIpc) is 2.44.